The Kier molecular flexibility index (Phi) is 4.20. The molecule has 0 aromatic carbocycles. The fraction of sp³-hybridized carbons (Fsp3) is 0.429. The van der Waals surface area contributed by atoms with Gasteiger partial charge in [-0.05, 0) is 35.4 Å². The number of carboxylic acids is 1. The van der Waals surface area contributed by atoms with Crippen LogP contribution in [0.4, 0.5) is 0 Å². The molecule has 0 saturated carbocycles. The Hall–Kier alpha value is -1.81. The Morgan fingerprint density at radius 3 is 2.62 bits per heavy atom. The lowest BCUT2D eigenvalue weighted by molar-refractivity contribution is -0.148. The number of hydrogen-bond donors (Lipinski definition) is 2. The van der Waals surface area contributed by atoms with Crippen molar-refractivity contribution in [3.63, 3.8) is 0 Å². The zero-order chi connectivity index (χ0) is 17.8. The smallest absolute Gasteiger partial charge is 0.352 e. The van der Waals surface area contributed by atoms with Gasteiger partial charge in [-0.25, -0.2) is 4.79 Å². The van der Waals surface area contributed by atoms with E-state index in [4.69, 9.17) is 0 Å². The van der Waals surface area contributed by atoms with E-state index in [-0.39, 0.29) is 5.70 Å². The summed E-state index contributed by atoms with van der Waals surface area (Å²) in [5.41, 5.74) is 1.66. The van der Waals surface area contributed by atoms with Crippen molar-refractivity contribution in [2.75, 3.05) is 5.75 Å². The van der Waals surface area contributed by atoms with Gasteiger partial charge in [0.05, 0.1) is 10.2 Å². The molecule has 3 heterocycles. The highest BCUT2D eigenvalue weighted by atomic mass is 79.9. The largest absolute Gasteiger partial charge is 0.477 e. The van der Waals surface area contributed by atoms with E-state index in [0.717, 1.165) is 0 Å². The van der Waals surface area contributed by atoms with E-state index < -0.39 is 29.2 Å². The Balaban J connectivity index is 1.81. The Morgan fingerprint density at radius 1 is 1.42 bits per heavy atom. The average Bonchev–Trinajstić information content (AvgIpc) is 2.76. The lowest BCUT2D eigenvalue weighted by atomic mass is 10.0. The molecule has 2 aliphatic heterocycles. The second-order valence-corrected chi connectivity index (χ2v) is 7.56. The fourth-order valence-electron chi connectivity index (χ4n) is 2.86. The van der Waals surface area contributed by atoms with Gasteiger partial charge in [0.25, 0.3) is 11.8 Å². The number of aliphatic carboxylic acids is 1. The molecule has 0 spiro atoms. The topological polar surface area (TPSA) is 105 Å². The summed E-state index contributed by atoms with van der Waals surface area (Å²) in [4.78, 5) is 37.5. The summed E-state index contributed by atoms with van der Waals surface area (Å²) in [6.07, 6.45) is 0. The van der Waals surface area contributed by atoms with Gasteiger partial charge in [0.2, 0.25) is 0 Å². The molecule has 3 rings (SSSR count). The van der Waals surface area contributed by atoms with Gasteiger partial charge < -0.3 is 10.4 Å². The molecular formula is C14H15BrN4O4S. The van der Waals surface area contributed by atoms with E-state index >= 15 is 0 Å². The number of thioether (sulfide) groups is 1. The van der Waals surface area contributed by atoms with Crippen LogP contribution >= 0.6 is 27.7 Å². The summed E-state index contributed by atoms with van der Waals surface area (Å²) in [6.45, 7) is 3.46. The summed E-state index contributed by atoms with van der Waals surface area (Å²) in [7, 11) is 1.64. The number of nitrogens with one attached hydrogen (secondary N) is 1. The van der Waals surface area contributed by atoms with Crippen LogP contribution < -0.4 is 5.32 Å². The summed E-state index contributed by atoms with van der Waals surface area (Å²) in [5, 5.41) is 15.8. The van der Waals surface area contributed by atoms with Gasteiger partial charge in [0.15, 0.2) is 0 Å². The lowest BCUT2D eigenvalue weighted by Gasteiger charge is -2.49. The first-order valence-electron chi connectivity index (χ1n) is 7.11. The van der Waals surface area contributed by atoms with Gasteiger partial charge in [-0.2, -0.15) is 5.10 Å². The molecule has 10 heteroatoms. The fourth-order valence-corrected chi connectivity index (χ4v) is 4.67. The van der Waals surface area contributed by atoms with Crippen LogP contribution in [-0.4, -0.2) is 54.7 Å². The lowest BCUT2D eigenvalue weighted by Crippen LogP contribution is -2.70. The van der Waals surface area contributed by atoms with Gasteiger partial charge in [-0.3, -0.25) is 19.2 Å². The maximum absolute atomic E-state index is 12.5. The molecule has 2 atom stereocenters. The van der Waals surface area contributed by atoms with Crippen LogP contribution in [0, 0.1) is 6.92 Å². The maximum atomic E-state index is 12.5. The number of carbonyl (C=O) groups is 3. The average molecular weight is 415 g/mol. The first kappa shape index (κ1) is 17.0. The number of halogens is 1. The third kappa shape index (κ3) is 2.44. The standard InChI is InChI=1S/C14H15BrN4O4S/c1-5-4-24-13-8(12(21)19(13)9(5)14(22)23)16-11(20)10-7(15)6(2)17-18(10)3/h8,13H,4H2,1-3H3,(H,16,20)(H,22,23). The molecule has 0 radical (unpaired) electrons. The molecule has 1 aromatic rings. The third-order valence-electron chi connectivity index (χ3n) is 4.01. The minimum Gasteiger partial charge on any atom is -0.477 e. The van der Waals surface area contributed by atoms with Crippen molar-refractivity contribution in [1.82, 2.24) is 20.0 Å². The van der Waals surface area contributed by atoms with Crippen LogP contribution in [0.15, 0.2) is 15.7 Å². The zero-order valence-corrected chi connectivity index (χ0v) is 15.6. The highest BCUT2D eigenvalue weighted by molar-refractivity contribution is 9.10. The highest BCUT2D eigenvalue weighted by Crippen LogP contribution is 2.40. The molecule has 2 amide bonds. The van der Waals surface area contributed by atoms with Crippen molar-refractivity contribution >= 4 is 45.5 Å². The molecule has 1 aromatic heterocycles. The number of amides is 2. The second-order valence-electron chi connectivity index (χ2n) is 5.67. The molecule has 8 nitrogen and oxygen atoms in total. The number of β-lactam (4-membered cyclic amide) rings is 1. The van der Waals surface area contributed by atoms with Crippen LogP contribution in [-0.2, 0) is 16.6 Å². The van der Waals surface area contributed by atoms with Crippen molar-refractivity contribution < 1.29 is 19.5 Å². The van der Waals surface area contributed by atoms with E-state index in [2.05, 4.69) is 26.3 Å². The summed E-state index contributed by atoms with van der Waals surface area (Å²) in [5.74, 6) is -1.45. The van der Waals surface area contributed by atoms with Gasteiger partial charge in [-0.15, -0.1) is 11.8 Å². The Morgan fingerprint density at radius 2 is 2.08 bits per heavy atom. The molecule has 2 N–H and O–H groups in total. The SMILES string of the molecule is CC1=C(C(=O)O)N2C(=O)C(NC(=O)c3c(Br)c(C)nn3C)C2SC1. The first-order chi connectivity index (χ1) is 11.2. The Bertz CT molecular complexity index is 803. The van der Waals surface area contributed by atoms with Gasteiger partial charge >= 0.3 is 5.97 Å². The van der Waals surface area contributed by atoms with Crippen molar-refractivity contribution in [3.8, 4) is 0 Å². The van der Waals surface area contributed by atoms with E-state index in [1.54, 1.807) is 20.9 Å². The number of carbonyl (C=O) groups excluding carboxylic acids is 2. The van der Waals surface area contributed by atoms with Crippen LogP contribution in [0.3, 0.4) is 0 Å². The third-order valence-corrected chi connectivity index (χ3v) is 6.39. The quantitative estimate of drug-likeness (QED) is 0.710. The van der Waals surface area contributed by atoms with Crippen molar-refractivity contribution in [1.29, 1.82) is 0 Å². The molecule has 0 aliphatic carbocycles. The predicted molar refractivity (Wildman–Crippen MR) is 90.3 cm³/mol. The molecule has 0 bridgehead atoms. The Labute approximate surface area is 150 Å². The number of hydrogen-bond acceptors (Lipinski definition) is 5. The summed E-state index contributed by atoms with van der Waals surface area (Å²) < 4.78 is 2.01. The molecule has 2 aliphatic rings. The number of aromatic nitrogens is 2. The first-order valence-corrected chi connectivity index (χ1v) is 8.96. The molecule has 1 fully saturated rings. The van der Waals surface area contributed by atoms with Crippen LogP contribution in [0.2, 0.25) is 0 Å². The van der Waals surface area contributed by atoms with Crippen molar-refractivity contribution in [2.45, 2.75) is 25.3 Å². The molecule has 2 unspecified atom stereocenters. The predicted octanol–water partition coefficient (Wildman–Crippen LogP) is 0.863. The van der Waals surface area contributed by atoms with Gasteiger partial charge in [-0.1, -0.05) is 0 Å². The van der Waals surface area contributed by atoms with Crippen LogP contribution in [0.25, 0.3) is 0 Å². The zero-order valence-electron chi connectivity index (χ0n) is 13.2. The number of nitrogens with zero attached hydrogens (tertiary/aromatic N) is 3. The molecule has 1 saturated heterocycles. The van der Waals surface area contributed by atoms with E-state index in [1.807, 2.05) is 0 Å². The van der Waals surface area contributed by atoms with Gasteiger partial charge in [0.1, 0.15) is 22.8 Å². The number of carboxylic acid groups (broad SMARTS) is 1. The second kappa shape index (κ2) is 5.92. The monoisotopic (exact) mass is 414 g/mol. The van der Waals surface area contributed by atoms with Gasteiger partial charge in [0, 0.05) is 12.8 Å². The number of rotatable bonds is 3. The minimum absolute atomic E-state index is 0.0202. The number of fused-ring (bicyclic) bond motifs is 1. The normalized spacial score (nSPS) is 23.0. The molecule has 128 valence electrons. The van der Waals surface area contributed by atoms with E-state index in [1.165, 1.54) is 21.3 Å². The summed E-state index contributed by atoms with van der Waals surface area (Å²) >= 11 is 4.76. The van der Waals surface area contributed by atoms with Crippen LogP contribution in [0.5, 0.6) is 0 Å². The highest BCUT2D eigenvalue weighted by Gasteiger charge is 2.53. The number of aryl methyl sites for hydroxylation is 2. The van der Waals surface area contributed by atoms with E-state index in [0.29, 0.717) is 27.2 Å². The van der Waals surface area contributed by atoms with Crippen LogP contribution in [0.1, 0.15) is 23.1 Å². The molecule has 24 heavy (non-hydrogen) atoms. The maximum Gasteiger partial charge on any atom is 0.352 e. The van der Waals surface area contributed by atoms with Crippen molar-refractivity contribution in [2.24, 2.45) is 7.05 Å². The minimum atomic E-state index is -1.12. The van der Waals surface area contributed by atoms with E-state index in [9.17, 15) is 19.5 Å². The van der Waals surface area contributed by atoms with Crippen molar-refractivity contribution in [3.05, 3.63) is 27.1 Å². The molecular weight excluding hydrogens is 400 g/mol. The summed E-state index contributed by atoms with van der Waals surface area (Å²) in [6, 6.07) is -0.743.